The van der Waals surface area contributed by atoms with E-state index in [4.69, 9.17) is 11.6 Å². The van der Waals surface area contributed by atoms with E-state index in [1.165, 1.54) is 16.9 Å². The molecule has 0 saturated heterocycles. The Kier molecular flexibility index (Phi) is 4.48. The molecule has 1 aromatic heterocycles. The number of amides is 1. The molecule has 0 aliphatic carbocycles. The van der Waals surface area contributed by atoms with Crippen LogP contribution in [0.5, 0.6) is 0 Å². The minimum absolute atomic E-state index is 0.231. The molecule has 0 radical (unpaired) electrons. The lowest BCUT2D eigenvalue weighted by atomic mass is 10.0. The van der Waals surface area contributed by atoms with Gasteiger partial charge in [-0.2, -0.15) is 0 Å². The van der Waals surface area contributed by atoms with Crippen molar-refractivity contribution in [2.24, 2.45) is 0 Å². The van der Waals surface area contributed by atoms with Gasteiger partial charge in [-0.25, -0.2) is 4.98 Å². The SMILES string of the molecule is CC(Cl)C(=O)Nc1nc2c(C(C)C)cc(Br)cc2s1. The third kappa shape index (κ3) is 3.27. The summed E-state index contributed by atoms with van der Waals surface area (Å²) in [7, 11) is 0. The molecule has 1 aromatic carbocycles. The van der Waals surface area contributed by atoms with Crippen LogP contribution in [0.3, 0.4) is 0 Å². The van der Waals surface area contributed by atoms with Crippen molar-refractivity contribution in [3.8, 4) is 0 Å². The van der Waals surface area contributed by atoms with Crippen molar-refractivity contribution in [3.05, 3.63) is 22.2 Å². The molecule has 0 aliphatic rings. The summed E-state index contributed by atoms with van der Waals surface area (Å²) in [5.74, 6) is 0.142. The van der Waals surface area contributed by atoms with E-state index in [2.05, 4.69) is 46.1 Å². The summed E-state index contributed by atoms with van der Waals surface area (Å²) in [6.45, 7) is 5.89. The molecule has 1 unspecified atom stereocenters. The molecule has 102 valence electrons. The predicted octanol–water partition coefficient (Wildman–Crippen LogP) is 4.75. The highest BCUT2D eigenvalue weighted by molar-refractivity contribution is 9.10. The fourth-order valence-electron chi connectivity index (χ4n) is 1.72. The second-order valence-corrected chi connectivity index (χ2v) is 7.22. The second kappa shape index (κ2) is 5.77. The Morgan fingerprint density at radius 2 is 2.11 bits per heavy atom. The molecule has 1 heterocycles. The van der Waals surface area contributed by atoms with Gasteiger partial charge in [0.05, 0.1) is 10.2 Å². The van der Waals surface area contributed by atoms with E-state index >= 15 is 0 Å². The number of halogens is 2. The molecule has 19 heavy (non-hydrogen) atoms. The quantitative estimate of drug-likeness (QED) is 0.802. The third-order valence-corrected chi connectivity index (χ3v) is 4.28. The van der Waals surface area contributed by atoms with E-state index in [-0.39, 0.29) is 5.91 Å². The highest BCUT2D eigenvalue weighted by Crippen LogP contribution is 2.34. The number of benzene rings is 1. The lowest BCUT2D eigenvalue weighted by molar-refractivity contribution is -0.115. The van der Waals surface area contributed by atoms with Crippen molar-refractivity contribution < 1.29 is 4.79 Å². The van der Waals surface area contributed by atoms with E-state index in [1.807, 2.05) is 6.07 Å². The zero-order valence-corrected chi connectivity index (χ0v) is 14.0. The van der Waals surface area contributed by atoms with Crippen molar-refractivity contribution in [1.29, 1.82) is 0 Å². The van der Waals surface area contributed by atoms with Crippen LogP contribution in [0.2, 0.25) is 0 Å². The number of hydrogen-bond donors (Lipinski definition) is 1. The van der Waals surface area contributed by atoms with Gasteiger partial charge in [-0.3, -0.25) is 4.79 Å². The van der Waals surface area contributed by atoms with Gasteiger partial charge in [-0.15, -0.1) is 11.6 Å². The number of carbonyl (C=O) groups is 1. The summed E-state index contributed by atoms with van der Waals surface area (Å²) in [4.78, 5) is 16.1. The second-order valence-electron chi connectivity index (χ2n) is 4.62. The van der Waals surface area contributed by atoms with Crippen molar-refractivity contribution in [2.75, 3.05) is 5.32 Å². The first-order valence-electron chi connectivity index (χ1n) is 5.93. The van der Waals surface area contributed by atoms with E-state index in [9.17, 15) is 4.79 Å². The number of aromatic nitrogens is 1. The van der Waals surface area contributed by atoms with Crippen molar-refractivity contribution in [3.63, 3.8) is 0 Å². The van der Waals surface area contributed by atoms with Gasteiger partial charge in [0, 0.05) is 4.47 Å². The number of nitrogens with zero attached hydrogens (tertiary/aromatic N) is 1. The summed E-state index contributed by atoms with van der Waals surface area (Å²) < 4.78 is 2.08. The zero-order chi connectivity index (χ0) is 14.2. The lowest BCUT2D eigenvalue weighted by Crippen LogP contribution is -2.20. The zero-order valence-electron chi connectivity index (χ0n) is 10.8. The Labute approximate surface area is 129 Å². The standard InChI is InChI=1S/C13H14BrClN2OS/c1-6(2)9-4-8(14)5-10-11(9)16-13(19-10)17-12(18)7(3)15/h4-7H,1-3H3,(H,16,17,18). The van der Waals surface area contributed by atoms with Crippen LogP contribution in [0, 0.1) is 0 Å². The Balaban J connectivity index is 2.45. The fraction of sp³-hybridized carbons (Fsp3) is 0.385. The van der Waals surface area contributed by atoms with Crippen LogP contribution in [0.1, 0.15) is 32.3 Å². The summed E-state index contributed by atoms with van der Waals surface area (Å²) in [6, 6.07) is 4.08. The maximum Gasteiger partial charge on any atom is 0.243 e. The molecular formula is C13H14BrClN2OS. The Morgan fingerprint density at radius 3 is 2.68 bits per heavy atom. The fourth-order valence-corrected chi connectivity index (χ4v) is 3.34. The normalized spacial score (nSPS) is 12.9. The number of nitrogens with one attached hydrogen (secondary N) is 1. The molecule has 0 fully saturated rings. The van der Waals surface area contributed by atoms with Crippen LogP contribution in [-0.2, 0) is 4.79 Å². The topological polar surface area (TPSA) is 42.0 Å². The van der Waals surface area contributed by atoms with Gasteiger partial charge in [0.15, 0.2) is 5.13 Å². The minimum Gasteiger partial charge on any atom is -0.301 e. The monoisotopic (exact) mass is 360 g/mol. The van der Waals surface area contributed by atoms with Crippen molar-refractivity contribution >= 4 is 60.1 Å². The molecule has 0 spiro atoms. The largest absolute Gasteiger partial charge is 0.301 e. The third-order valence-electron chi connectivity index (χ3n) is 2.70. The van der Waals surface area contributed by atoms with Gasteiger partial charge >= 0.3 is 0 Å². The number of alkyl halides is 1. The van der Waals surface area contributed by atoms with Gasteiger partial charge < -0.3 is 5.32 Å². The van der Waals surface area contributed by atoms with Gasteiger partial charge in [0.2, 0.25) is 5.91 Å². The van der Waals surface area contributed by atoms with Gasteiger partial charge in [-0.1, -0.05) is 41.1 Å². The summed E-state index contributed by atoms with van der Waals surface area (Å²) in [5, 5.41) is 2.76. The maximum absolute atomic E-state index is 11.6. The van der Waals surface area contributed by atoms with Crippen LogP contribution in [0.25, 0.3) is 10.2 Å². The van der Waals surface area contributed by atoms with Crippen LogP contribution in [0.4, 0.5) is 5.13 Å². The Hall–Kier alpha value is -0.650. The number of hydrogen-bond acceptors (Lipinski definition) is 3. The Bertz CT molecular complexity index is 624. The van der Waals surface area contributed by atoms with Gasteiger partial charge in [-0.05, 0) is 30.5 Å². The molecule has 2 rings (SSSR count). The van der Waals surface area contributed by atoms with E-state index in [0.717, 1.165) is 14.7 Å². The smallest absolute Gasteiger partial charge is 0.243 e. The van der Waals surface area contributed by atoms with Crippen molar-refractivity contribution in [1.82, 2.24) is 4.98 Å². The molecule has 2 aromatic rings. The molecule has 1 N–H and O–H groups in total. The molecule has 0 saturated carbocycles. The predicted molar refractivity (Wildman–Crippen MR) is 85.4 cm³/mol. The summed E-state index contributed by atoms with van der Waals surface area (Å²) in [6.07, 6.45) is 0. The average molecular weight is 362 g/mol. The molecule has 6 heteroatoms. The summed E-state index contributed by atoms with van der Waals surface area (Å²) >= 11 is 10.7. The average Bonchev–Trinajstić information content (AvgIpc) is 2.69. The maximum atomic E-state index is 11.6. The first-order chi connectivity index (χ1) is 8.88. The highest BCUT2D eigenvalue weighted by atomic mass is 79.9. The van der Waals surface area contributed by atoms with Gasteiger partial charge in [0.25, 0.3) is 0 Å². The first kappa shape index (κ1) is 14.8. The molecule has 0 bridgehead atoms. The first-order valence-corrected chi connectivity index (χ1v) is 7.98. The van der Waals surface area contributed by atoms with Crippen LogP contribution >= 0.6 is 38.9 Å². The summed E-state index contributed by atoms with van der Waals surface area (Å²) in [5.41, 5.74) is 2.11. The van der Waals surface area contributed by atoms with Crippen LogP contribution in [0.15, 0.2) is 16.6 Å². The Morgan fingerprint density at radius 1 is 1.42 bits per heavy atom. The van der Waals surface area contributed by atoms with E-state index < -0.39 is 5.38 Å². The number of carbonyl (C=O) groups excluding carboxylic acids is 1. The molecule has 1 atom stereocenters. The van der Waals surface area contributed by atoms with Crippen LogP contribution < -0.4 is 5.32 Å². The molecular weight excluding hydrogens is 348 g/mol. The van der Waals surface area contributed by atoms with E-state index in [1.54, 1.807) is 6.92 Å². The lowest BCUT2D eigenvalue weighted by Gasteiger charge is -2.06. The van der Waals surface area contributed by atoms with E-state index in [0.29, 0.717) is 11.0 Å². The molecule has 1 amide bonds. The van der Waals surface area contributed by atoms with Crippen molar-refractivity contribution in [2.45, 2.75) is 32.1 Å². The number of thiazole rings is 1. The molecule has 0 aliphatic heterocycles. The minimum atomic E-state index is -0.566. The molecule has 3 nitrogen and oxygen atoms in total. The van der Waals surface area contributed by atoms with Gasteiger partial charge in [0.1, 0.15) is 5.38 Å². The number of anilines is 1. The number of fused-ring (bicyclic) bond motifs is 1. The highest BCUT2D eigenvalue weighted by Gasteiger charge is 2.15. The van der Waals surface area contributed by atoms with Crippen LogP contribution in [-0.4, -0.2) is 16.3 Å². The number of rotatable bonds is 3.